The smallest absolute Gasteiger partial charge is 0.211 e. The van der Waals surface area contributed by atoms with Gasteiger partial charge in [0.05, 0.1) is 17.5 Å². The van der Waals surface area contributed by atoms with E-state index in [2.05, 4.69) is 26.9 Å². The number of anilines is 1. The summed E-state index contributed by atoms with van der Waals surface area (Å²) in [5, 5.41) is 9.29. The van der Waals surface area contributed by atoms with E-state index in [1.807, 2.05) is 18.2 Å². The van der Waals surface area contributed by atoms with Gasteiger partial charge in [-0.2, -0.15) is 5.26 Å². The molecule has 0 bridgehead atoms. The summed E-state index contributed by atoms with van der Waals surface area (Å²) < 4.78 is 25.5. The van der Waals surface area contributed by atoms with Gasteiger partial charge in [-0.05, 0) is 31.0 Å². The molecule has 1 aromatic rings. The van der Waals surface area contributed by atoms with Crippen molar-refractivity contribution in [2.45, 2.75) is 12.8 Å². The third kappa shape index (κ3) is 2.87. The first-order chi connectivity index (χ1) is 10.3. The van der Waals surface area contributed by atoms with Crippen LogP contribution in [0.4, 0.5) is 5.69 Å². The van der Waals surface area contributed by atoms with Crippen LogP contribution >= 0.6 is 15.9 Å². The lowest BCUT2D eigenvalue weighted by Crippen LogP contribution is -2.61. The van der Waals surface area contributed by atoms with Crippen molar-refractivity contribution in [3.05, 3.63) is 28.2 Å². The zero-order chi connectivity index (χ0) is 16.0. The van der Waals surface area contributed by atoms with Gasteiger partial charge >= 0.3 is 0 Å². The van der Waals surface area contributed by atoms with Crippen LogP contribution in [0, 0.1) is 16.7 Å². The number of benzene rings is 1. The van der Waals surface area contributed by atoms with Crippen molar-refractivity contribution in [1.82, 2.24) is 4.31 Å². The van der Waals surface area contributed by atoms with Crippen LogP contribution in [0.3, 0.4) is 0 Å². The highest BCUT2D eigenvalue weighted by atomic mass is 79.9. The van der Waals surface area contributed by atoms with Crippen molar-refractivity contribution >= 4 is 31.6 Å². The molecule has 0 aromatic heterocycles. The second kappa shape index (κ2) is 5.52. The molecule has 7 heteroatoms. The van der Waals surface area contributed by atoms with E-state index in [1.54, 1.807) is 4.31 Å². The molecule has 2 fully saturated rings. The number of piperidine rings is 1. The van der Waals surface area contributed by atoms with Gasteiger partial charge in [-0.3, -0.25) is 0 Å². The Labute approximate surface area is 139 Å². The molecule has 0 atom stereocenters. The molecule has 0 unspecified atom stereocenters. The Morgan fingerprint density at radius 3 is 2.45 bits per heavy atom. The summed E-state index contributed by atoms with van der Waals surface area (Å²) in [5.41, 5.74) is 1.79. The lowest BCUT2D eigenvalue weighted by molar-refractivity contribution is 0.0443. The molecule has 5 nitrogen and oxygen atoms in total. The molecule has 2 saturated heterocycles. The van der Waals surface area contributed by atoms with Crippen molar-refractivity contribution in [2.24, 2.45) is 5.41 Å². The van der Waals surface area contributed by atoms with E-state index in [-0.39, 0.29) is 5.41 Å². The maximum absolute atomic E-state index is 11.5. The van der Waals surface area contributed by atoms with Gasteiger partial charge in [-0.15, -0.1) is 0 Å². The van der Waals surface area contributed by atoms with Crippen molar-refractivity contribution < 1.29 is 8.42 Å². The van der Waals surface area contributed by atoms with Crippen LogP contribution in [0.25, 0.3) is 0 Å². The van der Waals surface area contributed by atoms with Crippen molar-refractivity contribution in [1.29, 1.82) is 5.26 Å². The van der Waals surface area contributed by atoms with Gasteiger partial charge in [0, 0.05) is 36.1 Å². The number of halogens is 1. The third-order valence-electron chi connectivity index (χ3n) is 4.74. The average molecular weight is 384 g/mol. The van der Waals surface area contributed by atoms with Gasteiger partial charge < -0.3 is 4.90 Å². The van der Waals surface area contributed by atoms with E-state index in [9.17, 15) is 13.7 Å². The van der Waals surface area contributed by atoms with Crippen LogP contribution in [0.2, 0.25) is 0 Å². The molecule has 2 aliphatic heterocycles. The minimum absolute atomic E-state index is 0.141. The maximum atomic E-state index is 11.5. The molecule has 0 amide bonds. The standard InChI is InChI=1S/C15H18BrN3O2S/c1-22(20,21)19-10-15(11-19)4-6-18(7-5-15)14-3-2-13(16)8-12(14)9-17/h2-3,8H,4-7,10-11H2,1H3. The zero-order valence-corrected chi connectivity index (χ0v) is 14.8. The van der Waals surface area contributed by atoms with E-state index in [1.165, 1.54) is 6.26 Å². The molecule has 0 N–H and O–H groups in total. The van der Waals surface area contributed by atoms with E-state index in [0.717, 1.165) is 36.1 Å². The highest BCUT2D eigenvalue weighted by Gasteiger charge is 2.48. The summed E-state index contributed by atoms with van der Waals surface area (Å²) >= 11 is 3.39. The number of nitrogens with zero attached hydrogens (tertiary/aromatic N) is 3. The molecular formula is C15H18BrN3O2S. The fourth-order valence-corrected chi connectivity index (χ4v) is 4.73. The molecule has 0 radical (unpaired) electrons. The summed E-state index contributed by atoms with van der Waals surface area (Å²) in [7, 11) is -3.05. The summed E-state index contributed by atoms with van der Waals surface area (Å²) in [6.07, 6.45) is 3.22. The highest BCUT2D eigenvalue weighted by Crippen LogP contribution is 2.42. The quantitative estimate of drug-likeness (QED) is 0.784. The van der Waals surface area contributed by atoms with E-state index < -0.39 is 10.0 Å². The molecule has 3 rings (SSSR count). The average Bonchev–Trinajstić information content (AvgIpc) is 2.44. The summed E-state index contributed by atoms with van der Waals surface area (Å²) in [6.45, 7) is 3.03. The first-order valence-corrected chi connectivity index (χ1v) is 9.87. The molecule has 0 saturated carbocycles. The van der Waals surface area contributed by atoms with E-state index in [4.69, 9.17) is 0 Å². The first-order valence-electron chi connectivity index (χ1n) is 7.23. The molecular weight excluding hydrogens is 366 g/mol. The predicted molar refractivity (Wildman–Crippen MR) is 89.2 cm³/mol. The first kappa shape index (κ1) is 15.8. The molecule has 2 heterocycles. The molecule has 118 valence electrons. The second-order valence-corrected chi connectivity index (χ2v) is 9.19. The fraction of sp³-hybridized carbons (Fsp3) is 0.533. The summed E-state index contributed by atoms with van der Waals surface area (Å²) in [4.78, 5) is 2.24. The fourth-order valence-electron chi connectivity index (χ4n) is 3.35. The minimum Gasteiger partial charge on any atom is -0.370 e. The molecule has 1 aromatic carbocycles. The molecule has 1 spiro atoms. The Morgan fingerprint density at radius 2 is 1.91 bits per heavy atom. The molecule has 2 aliphatic rings. The lowest BCUT2D eigenvalue weighted by atomic mass is 9.73. The SMILES string of the molecule is CS(=O)(=O)N1CC2(CCN(c3ccc(Br)cc3C#N)CC2)C1. The lowest BCUT2D eigenvalue weighted by Gasteiger charge is -2.53. The second-order valence-electron chi connectivity index (χ2n) is 6.29. The van der Waals surface area contributed by atoms with Crippen molar-refractivity contribution in [3.63, 3.8) is 0 Å². The van der Waals surface area contributed by atoms with Crippen LogP contribution < -0.4 is 4.90 Å². The van der Waals surface area contributed by atoms with Gasteiger partial charge in [0.1, 0.15) is 6.07 Å². The monoisotopic (exact) mass is 383 g/mol. The van der Waals surface area contributed by atoms with Gasteiger partial charge in [0.25, 0.3) is 0 Å². The zero-order valence-electron chi connectivity index (χ0n) is 12.4. The van der Waals surface area contributed by atoms with Crippen LogP contribution in [0.1, 0.15) is 18.4 Å². The largest absolute Gasteiger partial charge is 0.370 e. The topological polar surface area (TPSA) is 64.4 Å². The number of hydrogen-bond acceptors (Lipinski definition) is 4. The number of sulfonamides is 1. The van der Waals surface area contributed by atoms with Gasteiger partial charge in [0.2, 0.25) is 10.0 Å². The van der Waals surface area contributed by atoms with Gasteiger partial charge in [-0.25, -0.2) is 12.7 Å². The predicted octanol–water partition coefficient (Wildman–Crippen LogP) is 2.18. The van der Waals surface area contributed by atoms with Crippen LogP contribution in [-0.2, 0) is 10.0 Å². The Kier molecular flexibility index (Phi) is 3.96. The maximum Gasteiger partial charge on any atom is 0.211 e. The highest BCUT2D eigenvalue weighted by molar-refractivity contribution is 9.10. The van der Waals surface area contributed by atoms with E-state index >= 15 is 0 Å². The van der Waals surface area contributed by atoms with E-state index in [0.29, 0.717) is 18.7 Å². The molecule has 22 heavy (non-hydrogen) atoms. The van der Waals surface area contributed by atoms with Gasteiger partial charge in [0.15, 0.2) is 0 Å². The Balaban J connectivity index is 1.68. The number of nitriles is 1. The Morgan fingerprint density at radius 1 is 1.27 bits per heavy atom. The Hall–Kier alpha value is -1.10. The normalized spacial score (nSPS) is 21.4. The molecule has 0 aliphatic carbocycles. The van der Waals surface area contributed by atoms with Crippen LogP contribution in [0.15, 0.2) is 22.7 Å². The van der Waals surface area contributed by atoms with Crippen molar-refractivity contribution in [2.75, 3.05) is 37.3 Å². The van der Waals surface area contributed by atoms with Gasteiger partial charge in [-0.1, -0.05) is 15.9 Å². The summed E-state index contributed by atoms with van der Waals surface area (Å²) in [5.74, 6) is 0. The minimum atomic E-state index is -3.05. The van der Waals surface area contributed by atoms with Crippen LogP contribution in [0.5, 0.6) is 0 Å². The Bertz CT molecular complexity index is 726. The third-order valence-corrected chi connectivity index (χ3v) is 6.43. The van der Waals surface area contributed by atoms with Crippen LogP contribution in [-0.4, -0.2) is 45.2 Å². The summed E-state index contributed by atoms with van der Waals surface area (Å²) in [6, 6.07) is 8.02. The van der Waals surface area contributed by atoms with Crippen molar-refractivity contribution in [3.8, 4) is 6.07 Å². The number of rotatable bonds is 2. The number of hydrogen-bond donors (Lipinski definition) is 0.